The summed E-state index contributed by atoms with van der Waals surface area (Å²) in [7, 11) is 0. The molecule has 0 bridgehead atoms. The van der Waals surface area contributed by atoms with Crippen LogP contribution in [-0.2, 0) is 33.4 Å². The van der Waals surface area contributed by atoms with Gasteiger partial charge in [0.25, 0.3) is 11.8 Å². The van der Waals surface area contributed by atoms with Gasteiger partial charge in [-0.1, -0.05) is 6.42 Å². The minimum absolute atomic E-state index is 0.0764. The van der Waals surface area contributed by atoms with Crippen LogP contribution in [0, 0.1) is 0 Å². The molecular weight excluding hydrogens is 500 g/mol. The van der Waals surface area contributed by atoms with Gasteiger partial charge < -0.3 is 39.3 Å². The monoisotopic (exact) mass is 544 g/mol. The molecule has 3 rings (SSSR count). The lowest BCUT2D eigenvalue weighted by molar-refractivity contribution is -0.222. The summed E-state index contributed by atoms with van der Waals surface area (Å²) < 4.78 is 17.2. The average Bonchev–Trinajstić information content (AvgIpc) is 3.21. The van der Waals surface area contributed by atoms with Crippen molar-refractivity contribution in [3.05, 3.63) is 0 Å². The summed E-state index contributed by atoms with van der Waals surface area (Å²) >= 11 is 0. The lowest BCUT2D eigenvalue weighted by Gasteiger charge is -2.33. The first-order valence-electron chi connectivity index (χ1n) is 14.0. The van der Waals surface area contributed by atoms with Crippen LogP contribution in [0.25, 0.3) is 0 Å². The summed E-state index contributed by atoms with van der Waals surface area (Å²) in [5.74, 6) is -1.54. The Balaban J connectivity index is 1.36. The minimum Gasteiger partial charge on any atom is -0.394 e. The second-order valence-electron chi connectivity index (χ2n) is 10.3. The fourth-order valence-electron chi connectivity index (χ4n) is 5.02. The van der Waals surface area contributed by atoms with Gasteiger partial charge in [0.15, 0.2) is 6.29 Å². The van der Waals surface area contributed by atoms with Crippen LogP contribution in [0.4, 0.5) is 0 Å². The van der Waals surface area contributed by atoms with Crippen molar-refractivity contribution in [1.29, 1.82) is 0 Å². The number of hydroxylamine groups is 2. The van der Waals surface area contributed by atoms with Crippen LogP contribution in [0.5, 0.6) is 0 Å². The molecule has 3 aliphatic rings. The van der Waals surface area contributed by atoms with E-state index >= 15 is 0 Å². The molecule has 3 unspecified atom stereocenters. The van der Waals surface area contributed by atoms with Crippen molar-refractivity contribution in [3.63, 3.8) is 0 Å². The molecule has 3 heterocycles. The number of carbonyl (C=O) groups is 3. The van der Waals surface area contributed by atoms with E-state index in [1.807, 2.05) is 0 Å². The lowest BCUT2D eigenvalue weighted by atomic mass is 10.0. The van der Waals surface area contributed by atoms with Crippen LogP contribution in [0.2, 0.25) is 0 Å². The highest BCUT2D eigenvalue weighted by Crippen LogP contribution is 2.21. The SMILES string of the molecule is O=C(CCCCCN(CCC[C@@H]1OCCCC1O)CCO[C@H]1CC(O)CC(CO)O1)ON1C(=O)CCC1=O. The average molecular weight is 545 g/mol. The summed E-state index contributed by atoms with van der Waals surface area (Å²) in [5.41, 5.74) is 0. The lowest BCUT2D eigenvalue weighted by Crippen LogP contribution is -2.40. The zero-order valence-electron chi connectivity index (χ0n) is 22.2. The Labute approximate surface area is 224 Å². The van der Waals surface area contributed by atoms with E-state index in [1.54, 1.807) is 0 Å². The number of hydrogen-bond acceptors (Lipinski definition) is 11. The Kier molecular flexibility index (Phi) is 13.4. The number of nitrogens with zero attached hydrogens (tertiary/aromatic N) is 2. The van der Waals surface area contributed by atoms with Gasteiger partial charge in [-0.05, 0) is 51.6 Å². The number of aliphatic hydroxyl groups excluding tert-OH is 3. The molecule has 0 aliphatic carbocycles. The van der Waals surface area contributed by atoms with E-state index in [2.05, 4.69) is 4.90 Å². The predicted octanol–water partition coefficient (Wildman–Crippen LogP) is 0.651. The van der Waals surface area contributed by atoms with Gasteiger partial charge in [-0.15, -0.1) is 5.06 Å². The van der Waals surface area contributed by atoms with E-state index in [4.69, 9.17) is 19.0 Å². The Hall–Kier alpha value is -1.67. The molecule has 38 heavy (non-hydrogen) atoms. The zero-order chi connectivity index (χ0) is 27.3. The number of hydrogen-bond donors (Lipinski definition) is 3. The van der Waals surface area contributed by atoms with E-state index in [1.165, 1.54) is 0 Å². The fraction of sp³-hybridized carbons (Fsp3) is 0.885. The van der Waals surface area contributed by atoms with Crippen molar-refractivity contribution in [2.24, 2.45) is 0 Å². The van der Waals surface area contributed by atoms with Crippen molar-refractivity contribution in [2.75, 3.05) is 39.5 Å². The maximum Gasteiger partial charge on any atom is 0.333 e. The number of imide groups is 1. The molecule has 0 aromatic heterocycles. The molecule has 0 saturated carbocycles. The highest BCUT2D eigenvalue weighted by Gasteiger charge is 2.32. The number of aliphatic hydroxyl groups is 3. The molecule has 12 heteroatoms. The second-order valence-corrected chi connectivity index (χ2v) is 10.3. The number of carbonyl (C=O) groups excluding carboxylic acids is 3. The van der Waals surface area contributed by atoms with Gasteiger partial charge in [0.05, 0.1) is 37.6 Å². The van der Waals surface area contributed by atoms with Crippen molar-refractivity contribution in [1.82, 2.24) is 9.96 Å². The molecule has 218 valence electrons. The summed E-state index contributed by atoms with van der Waals surface area (Å²) in [4.78, 5) is 42.3. The van der Waals surface area contributed by atoms with Gasteiger partial charge in [-0.2, -0.15) is 0 Å². The van der Waals surface area contributed by atoms with E-state index in [0.717, 1.165) is 51.6 Å². The topological polar surface area (TPSA) is 155 Å². The summed E-state index contributed by atoms with van der Waals surface area (Å²) in [5, 5.41) is 30.1. The Morgan fingerprint density at radius 3 is 2.53 bits per heavy atom. The van der Waals surface area contributed by atoms with E-state index in [0.29, 0.717) is 44.1 Å². The normalized spacial score (nSPS) is 28.3. The fourth-order valence-corrected chi connectivity index (χ4v) is 5.02. The standard InChI is InChI=1S/C26H44N2O10/c29-18-20-16-19(30)17-26(37-20)36-15-13-27(12-4-7-22-21(31)6-5-14-35-22)11-3-1-2-8-25(34)38-28-23(32)9-10-24(28)33/h19-22,26,29-31H,1-18H2/t19?,20?,21?,22-,26+/m0/s1. The molecule has 3 saturated heterocycles. The van der Waals surface area contributed by atoms with Gasteiger partial charge in [0.2, 0.25) is 0 Å². The molecular formula is C26H44N2O10. The number of ether oxygens (including phenoxy) is 3. The van der Waals surface area contributed by atoms with Crippen LogP contribution < -0.4 is 0 Å². The third kappa shape index (κ3) is 10.5. The van der Waals surface area contributed by atoms with Crippen LogP contribution in [0.15, 0.2) is 0 Å². The summed E-state index contributed by atoms with van der Waals surface area (Å²) in [6.45, 7) is 3.16. The number of rotatable bonds is 16. The van der Waals surface area contributed by atoms with E-state index < -0.39 is 42.4 Å². The summed E-state index contributed by atoms with van der Waals surface area (Å²) in [6.07, 6.45) is 4.45. The minimum atomic E-state index is -0.583. The molecule has 3 N–H and O–H groups in total. The molecule has 0 aromatic carbocycles. The van der Waals surface area contributed by atoms with E-state index in [9.17, 15) is 29.7 Å². The Morgan fingerprint density at radius 1 is 1.03 bits per heavy atom. The summed E-state index contributed by atoms with van der Waals surface area (Å²) in [6, 6.07) is 0. The number of amides is 2. The van der Waals surface area contributed by atoms with Crippen LogP contribution in [0.1, 0.15) is 77.0 Å². The Bertz CT molecular complexity index is 738. The molecule has 0 aromatic rings. The molecule has 3 fully saturated rings. The van der Waals surface area contributed by atoms with Crippen molar-refractivity contribution in [2.45, 2.75) is 108 Å². The van der Waals surface area contributed by atoms with Gasteiger partial charge >= 0.3 is 5.97 Å². The first kappa shape index (κ1) is 30.9. The van der Waals surface area contributed by atoms with E-state index in [-0.39, 0.29) is 32.0 Å². The third-order valence-electron chi connectivity index (χ3n) is 7.18. The third-order valence-corrected chi connectivity index (χ3v) is 7.18. The predicted molar refractivity (Wildman–Crippen MR) is 133 cm³/mol. The molecule has 0 spiro atoms. The van der Waals surface area contributed by atoms with Gasteiger partial charge in [0.1, 0.15) is 0 Å². The maximum atomic E-state index is 12.0. The molecule has 2 amide bonds. The Morgan fingerprint density at radius 2 is 1.79 bits per heavy atom. The van der Waals surface area contributed by atoms with Gasteiger partial charge in [-0.25, -0.2) is 4.79 Å². The molecule has 5 atom stereocenters. The van der Waals surface area contributed by atoms with Crippen molar-refractivity contribution in [3.8, 4) is 0 Å². The van der Waals surface area contributed by atoms with Crippen LogP contribution in [0.3, 0.4) is 0 Å². The molecule has 0 radical (unpaired) electrons. The first-order valence-corrected chi connectivity index (χ1v) is 14.0. The van der Waals surface area contributed by atoms with Gasteiger partial charge in [-0.3, -0.25) is 9.59 Å². The van der Waals surface area contributed by atoms with Crippen molar-refractivity contribution < 1.29 is 48.8 Å². The highest BCUT2D eigenvalue weighted by atomic mass is 16.7. The quantitative estimate of drug-likeness (QED) is 0.185. The largest absolute Gasteiger partial charge is 0.394 e. The van der Waals surface area contributed by atoms with Gasteiger partial charge in [0, 0.05) is 45.3 Å². The molecule has 3 aliphatic heterocycles. The highest BCUT2D eigenvalue weighted by molar-refractivity contribution is 6.01. The maximum absolute atomic E-state index is 12.0. The first-order chi connectivity index (χ1) is 18.4. The smallest absolute Gasteiger partial charge is 0.333 e. The van der Waals surface area contributed by atoms with Crippen molar-refractivity contribution >= 4 is 17.8 Å². The van der Waals surface area contributed by atoms with Crippen LogP contribution >= 0.6 is 0 Å². The van der Waals surface area contributed by atoms with Crippen LogP contribution in [-0.4, -0.2) is 113 Å². The second kappa shape index (κ2) is 16.4. The zero-order valence-corrected chi connectivity index (χ0v) is 22.2. The number of unbranched alkanes of at least 4 members (excludes halogenated alkanes) is 2. The molecule has 12 nitrogen and oxygen atoms in total.